The van der Waals surface area contributed by atoms with Crippen LogP contribution in [0, 0.1) is 5.92 Å². The Morgan fingerprint density at radius 2 is 2.13 bits per heavy atom. The van der Waals surface area contributed by atoms with Crippen molar-refractivity contribution in [2.24, 2.45) is 5.92 Å². The minimum absolute atomic E-state index is 0.674. The standard InChI is InChI=1S/C12H15BrN2/c13-9-4-5-11-12(6-9)15-10-3-1-2-8(10)7-14-11/h4-6,8,10,14-15H,1-3,7H2. The first-order valence-corrected chi connectivity index (χ1v) is 6.42. The molecule has 2 N–H and O–H groups in total. The van der Waals surface area contributed by atoms with Gasteiger partial charge in [-0.05, 0) is 37.0 Å². The molecule has 15 heavy (non-hydrogen) atoms. The molecule has 1 fully saturated rings. The SMILES string of the molecule is Brc1ccc2c(c1)NC1CCCC1CN2. The van der Waals surface area contributed by atoms with E-state index in [2.05, 4.69) is 44.8 Å². The largest absolute Gasteiger partial charge is 0.383 e. The lowest BCUT2D eigenvalue weighted by molar-refractivity contribution is 0.537. The number of anilines is 2. The fourth-order valence-electron chi connectivity index (χ4n) is 2.70. The topological polar surface area (TPSA) is 24.1 Å². The van der Waals surface area contributed by atoms with Crippen molar-refractivity contribution in [2.45, 2.75) is 25.3 Å². The first-order chi connectivity index (χ1) is 7.33. The van der Waals surface area contributed by atoms with Crippen LogP contribution in [0.15, 0.2) is 22.7 Å². The molecule has 0 bridgehead atoms. The highest BCUT2D eigenvalue weighted by Crippen LogP contribution is 2.35. The summed E-state index contributed by atoms with van der Waals surface area (Å²) in [6.45, 7) is 1.12. The van der Waals surface area contributed by atoms with Crippen molar-refractivity contribution in [2.75, 3.05) is 17.2 Å². The van der Waals surface area contributed by atoms with Gasteiger partial charge in [0.25, 0.3) is 0 Å². The fourth-order valence-corrected chi connectivity index (χ4v) is 3.06. The van der Waals surface area contributed by atoms with Crippen LogP contribution >= 0.6 is 15.9 Å². The number of nitrogens with one attached hydrogen (secondary N) is 2. The van der Waals surface area contributed by atoms with Crippen molar-refractivity contribution >= 4 is 27.3 Å². The zero-order valence-corrected chi connectivity index (χ0v) is 10.2. The van der Waals surface area contributed by atoms with Gasteiger partial charge in [0, 0.05) is 17.1 Å². The summed E-state index contributed by atoms with van der Waals surface area (Å²) < 4.78 is 1.15. The number of halogens is 1. The van der Waals surface area contributed by atoms with Gasteiger partial charge in [-0.15, -0.1) is 0 Å². The fraction of sp³-hybridized carbons (Fsp3) is 0.500. The first kappa shape index (κ1) is 9.52. The van der Waals surface area contributed by atoms with E-state index in [1.165, 1.54) is 30.6 Å². The Balaban J connectivity index is 1.94. The van der Waals surface area contributed by atoms with Crippen LogP contribution in [0.5, 0.6) is 0 Å². The Bertz CT molecular complexity index is 378. The molecular formula is C12H15BrN2. The zero-order chi connectivity index (χ0) is 10.3. The number of rotatable bonds is 0. The normalized spacial score (nSPS) is 28.3. The van der Waals surface area contributed by atoms with Gasteiger partial charge in [0.1, 0.15) is 0 Å². The minimum Gasteiger partial charge on any atom is -0.383 e. The maximum atomic E-state index is 3.67. The number of fused-ring (bicyclic) bond motifs is 2. The van der Waals surface area contributed by atoms with Gasteiger partial charge >= 0.3 is 0 Å². The van der Waals surface area contributed by atoms with Gasteiger partial charge in [-0.25, -0.2) is 0 Å². The van der Waals surface area contributed by atoms with Crippen LogP contribution in [-0.2, 0) is 0 Å². The van der Waals surface area contributed by atoms with Crippen molar-refractivity contribution in [3.63, 3.8) is 0 Å². The number of benzene rings is 1. The molecule has 1 heterocycles. The Kier molecular flexibility index (Phi) is 2.35. The number of hydrogen-bond donors (Lipinski definition) is 2. The van der Waals surface area contributed by atoms with Crippen molar-refractivity contribution in [1.82, 2.24) is 0 Å². The molecule has 80 valence electrons. The Morgan fingerprint density at radius 1 is 1.20 bits per heavy atom. The molecule has 0 spiro atoms. The quantitative estimate of drug-likeness (QED) is 0.752. The molecule has 2 nitrogen and oxygen atoms in total. The lowest BCUT2D eigenvalue weighted by Crippen LogP contribution is -2.25. The monoisotopic (exact) mass is 266 g/mol. The van der Waals surface area contributed by atoms with Crippen molar-refractivity contribution in [3.8, 4) is 0 Å². The third-order valence-corrected chi connectivity index (χ3v) is 4.03. The van der Waals surface area contributed by atoms with E-state index in [9.17, 15) is 0 Å². The Hall–Kier alpha value is -0.700. The molecule has 1 saturated carbocycles. The molecule has 0 aromatic heterocycles. The molecule has 1 aliphatic heterocycles. The highest BCUT2D eigenvalue weighted by atomic mass is 79.9. The van der Waals surface area contributed by atoms with Crippen LogP contribution in [-0.4, -0.2) is 12.6 Å². The summed E-state index contributed by atoms with van der Waals surface area (Å²) in [5, 5.41) is 7.21. The summed E-state index contributed by atoms with van der Waals surface area (Å²) in [5.74, 6) is 0.802. The van der Waals surface area contributed by atoms with E-state index in [4.69, 9.17) is 0 Å². The minimum atomic E-state index is 0.674. The average molecular weight is 267 g/mol. The predicted octanol–water partition coefficient (Wildman–Crippen LogP) is 3.46. The van der Waals surface area contributed by atoms with E-state index in [1.807, 2.05) is 0 Å². The molecule has 1 aromatic carbocycles. The third-order valence-electron chi connectivity index (χ3n) is 3.54. The third kappa shape index (κ3) is 1.73. The maximum Gasteiger partial charge on any atom is 0.0589 e. The lowest BCUT2D eigenvalue weighted by Gasteiger charge is -2.17. The van der Waals surface area contributed by atoms with Gasteiger partial charge in [-0.2, -0.15) is 0 Å². The molecule has 0 saturated heterocycles. The Morgan fingerprint density at radius 3 is 3.07 bits per heavy atom. The van der Waals surface area contributed by atoms with Crippen LogP contribution in [0.25, 0.3) is 0 Å². The summed E-state index contributed by atoms with van der Waals surface area (Å²) >= 11 is 3.52. The number of hydrogen-bond acceptors (Lipinski definition) is 2. The van der Waals surface area contributed by atoms with E-state index >= 15 is 0 Å². The van der Waals surface area contributed by atoms with Gasteiger partial charge < -0.3 is 10.6 Å². The molecule has 2 aliphatic rings. The second-order valence-corrected chi connectivity index (χ2v) is 5.43. The second kappa shape index (κ2) is 3.71. The van der Waals surface area contributed by atoms with Gasteiger partial charge in [0.05, 0.1) is 11.4 Å². The molecule has 1 aromatic rings. The van der Waals surface area contributed by atoms with Crippen LogP contribution in [0.4, 0.5) is 11.4 Å². The molecule has 0 radical (unpaired) electrons. The summed E-state index contributed by atoms with van der Waals surface area (Å²) in [6.07, 6.45) is 4.05. The average Bonchev–Trinajstić information content (AvgIpc) is 2.58. The highest BCUT2D eigenvalue weighted by molar-refractivity contribution is 9.10. The van der Waals surface area contributed by atoms with E-state index in [0.717, 1.165) is 16.9 Å². The zero-order valence-electron chi connectivity index (χ0n) is 8.59. The Labute approximate surface area is 98.6 Å². The molecule has 2 unspecified atom stereocenters. The van der Waals surface area contributed by atoms with Gasteiger partial charge in [-0.3, -0.25) is 0 Å². The molecule has 0 amide bonds. The van der Waals surface area contributed by atoms with E-state index in [0.29, 0.717) is 6.04 Å². The summed E-state index contributed by atoms with van der Waals surface area (Å²) in [5.41, 5.74) is 2.49. The maximum absolute atomic E-state index is 3.67. The van der Waals surface area contributed by atoms with Crippen molar-refractivity contribution < 1.29 is 0 Å². The molecule has 3 rings (SSSR count). The van der Waals surface area contributed by atoms with E-state index < -0.39 is 0 Å². The van der Waals surface area contributed by atoms with E-state index in [1.54, 1.807) is 0 Å². The van der Waals surface area contributed by atoms with Gasteiger partial charge in [-0.1, -0.05) is 22.4 Å². The van der Waals surface area contributed by atoms with Gasteiger partial charge in [0.15, 0.2) is 0 Å². The molecule has 1 aliphatic carbocycles. The highest BCUT2D eigenvalue weighted by Gasteiger charge is 2.29. The van der Waals surface area contributed by atoms with Crippen molar-refractivity contribution in [3.05, 3.63) is 22.7 Å². The van der Waals surface area contributed by atoms with Crippen LogP contribution < -0.4 is 10.6 Å². The summed E-state index contributed by atoms with van der Waals surface area (Å²) in [7, 11) is 0. The smallest absolute Gasteiger partial charge is 0.0589 e. The molecule has 2 atom stereocenters. The van der Waals surface area contributed by atoms with E-state index in [-0.39, 0.29) is 0 Å². The van der Waals surface area contributed by atoms with Crippen molar-refractivity contribution in [1.29, 1.82) is 0 Å². The second-order valence-electron chi connectivity index (χ2n) is 4.51. The summed E-state index contributed by atoms with van der Waals surface area (Å²) in [6, 6.07) is 7.08. The predicted molar refractivity (Wildman–Crippen MR) is 67.4 cm³/mol. The van der Waals surface area contributed by atoms with Crippen LogP contribution in [0.3, 0.4) is 0 Å². The van der Waals surface area contributed by atoms with Gasteiger partial charge in [0.2, 0.25) is 0 Å². The van der Waals surface area contributed by atoms with Crippen LogP contribution in [0.1, 0.15) is 19.3 Å². The lowest BCUT2D eigenvalue weighted by atomic mass is 10.0. The first-order valence-electron chi connectivity index (χ1n) is 5.63. The molecule has 3 heteroatoms. The van der Waals surface area contributed by atoms with Crippen LogP contribution in [0.2, 0.25) is 0 Å². The molecular weight excluding hydrogens is 252 g/mol. The summed E-state index contributed by atoms with van der Waals surface area (Å²) in [4.78, 5) is 0.